The van der Waals surface area contributed by atoms with E-state index in [2.05, 4.69) is 4.98 Å². The Morgan fingerprint density at radius 2 is 2.19 bits per heavy atom. The summed E-state index contributed by atoms with van der Waals surface area (Å²) in [5.41, 5.74) is 5.49. The minimum atomic E-state index is -0.796. The van der Waals surface area contributed by atoms with Crippen molar-refractivity contribution in [2.24, 2.45) is 5.73 Å². The molecule has 0 saturated heterocycles. The summed E-state index contributed by atoms with van der Waals surface area (Å²) in [6.45, 7) is 2.03. The first-order chi connectivity index (χ1) is 7.55. The average molecular weight is 221 g/mol. The van der Waals surface area contributed by atoms with Crippen molar-refractivity contribution in [1.29, 1.82) is 0 Å². The molecule has 0 spiro atoms. The first kappa shape index (κ1) is 12.6. The van der Waals surface area contributed by atoms with Crippen molar-refractivity contribution >= 4 is 5.91 Å². The van der Waals surface area contributed by atoms with Gasteiger partial charge in [0.05, 0.1) is 5.69 Å². The van der Waals surface area contributed by atoms with Crippen LogP contribution in [0, 0.1) is 0 Å². The summed E-state index contributed by atoms with van der Waals surface area (Å²) >= 11 is 0. The van der Waals surface area contributed by atoms with Crippen LogP contribution in [0.5, 0.6) is 0 Å². The van der Waals surface area contributed by atoms with Gasteiger partial charge in [-0.2, -0.15) is 0 Å². The molecule has 0 saturated carbocycles. The molecule has 1 rings (SSSR count). The second-order valence-corrected chi connectivity index (χ2v) is 4.08. The van der Waals surface area contributed by atoms with Gasteiger partial charge in [-0.15, -0.1) is 0 Å². The number of hydrogen-bond donors (Lipinski definition) is 1. The van der Waals surface area contributed by atoms with Crippen molar-refractivity contribution in [2.45, 2.75) is 25.3 Å². The molecule has 1 heterocycles. The van der Waals surface area contributed by atoms with Gasteiger partial charge in [0.1, 0.15) is 5.54 Å². The first-order valence-electron chi connectivity index (χ1n) is 5.44. The lowest BCUT2D eigenvalue weighted by molar-refractivity contribution is -0.130. The highest BCUT2D eigenvalue weighted by atomic mass is 16.1. The van der Waals surface area contributed by atoms with Crippen LogP contribution in [0.3, 0.4) is 0 Å². The molecule has 0 aromatic carbocycles. The van der Waals surface area contributed by atoms with Gasteiger partial charge in [0.2, 0.25) is 5.91 Å². The molecule has 1 unspecified atom stereocenters. The molecule has 4 heteroatoms. The predicted molar refractivity (Wildman–Crippen MR) is 63.7 cm³/mol. The monoisotopic (exact) mass is 221 g/mol. The van der Waals surface area contributed by atoms with Gasteiger partial charge < -0.3 is 5.73 Å². The minimum Gasteiger partial charge on any atom is -0.368 e. The fourth-order valence-corrected chi connectivity index (χ4v) is 2.02. The summed E-state index contributed by atoms with van der Waals surface area (Å²) in [7, 11) is 3.71. The number of rotatable bonds is 5. The van der Waals surface area contributed by atoms with Crippen LogP contribution in [0.25, 0.3) is 0 Å². The predicted octanol–water partition coefficient (Wildman–Crippen LogP) is 1.12. The van der Waals surface area contributed by atoms with Crippen molar-refractivity contribution in [2.75, 3.05) is 14.1 Å². The lowest BCUT2D eigenvalue weighted by Crippen LogP contribution is -2.52. The molecule has 4 nitrogen and oxygen atoms in total. The highest BCUT2D eigenvalue weighted by molar-refractivity contribution is 5.85. The summed E-state index contributed by atoms with van der Waals surface area (Å²) < 4.78 is 0. The SMILES string of the molecule is CCCC(C(N)=O)(c1ccccn1)N(C)C. The Morgan fingerprint density at radius 1 is 1.50 bits per heavy atom. The molecular formula is C12H19N3O. The zero-order valence-corrected chi connectivity index (χ0v) is 10.1. The highest BCUT2D eigenvalue weighted by Gasteiger charge is 2.41. The summed E-state index contributed by atoms with van der Waals surface area (Å²) in [5.74, 6) is -0.349. The van der Waals surface area contributed by atoms with Gasteiger partial charge in [-0.25, -0.2) is 0 Å². The van der Waals surface area contributed by atoms with Crippen LogP contribution in [0.15, 0.2) is 24.4 Å². The zero-order valence-electron chi connectivity index (χ0n) is 10.1. The molecule has 1 amide bonds. The van der Waals surface area contributed by atoms with Crippen LogP contribution in [-0.4, -0.2) is 29.9 Å². The number of likely N-dealkylation sites (N-methyl/N-ethyl adjacent to an activating group) is 1. The molecule has 0 aliphatic carbocycles. The van der Waals surface area contributed by atoms with Crippen LogP contribution in [0.2, 0.25) is 0 Å². The number of primary amides is 1. The Kier molecular flexibility index (Phi) is 4.01. The number of carbonyl (C=O) groups excluding carboxylic acids is 1. The topological polar surface area (TPSA) is 59.2 Å². The van der Waals surface area contributed by atoms with Gasteiger partial charge in [-0.3, -0.25) is 14.7 Å². The largest absolute Gasteiger partial charge is 0.368 e. The average Bonchev–Trinajstić information content (AvgIpc) is 2.26. The van der Waals surface area contributed by atoms with Crippen LogP contribution in [0.4, 0.5) is 0 Å². The van der Waals surface area contributed by atoms with Crippen LogP contribution in [0.1, 0.15) is 25.5 Å². The van der Waals surface area contributed by atoms with Crippen LogP contribution in [-0.2, 0) is 10.3 Å². The quantitative estimate of drug-likeness (QED) is 0.810. The standard InChI is InChI=1S/C12H19N3O/c1-4-8-12(11(13)16,15(2)3)10-7-5-6-9-14-10/h5-7,9H,4,8H2,1-3H3,(H2,13,16). The van der Waals surface area contributed by atoms with E-state index >= 15 is 0 Å². The Labute approximate surface area is 96.5 Å². The number of amides is 1. The van der Waals surface area contributed by atoms with Gasteiger partial charge in [-0.1, -0.05) is 19.4 Å². The maximum atomic E-state index is 11.8. The molecule has 1 aromatic heterocycles. The zero-order chi connectivity index (χ0) is 12.2. The van der Waals surface area contributed by atoms with E-state index in [1.54, 1.807) is 6.20 Å². The second kappa shape index (κ2) is 5.07. The van der Waals surface area contributed by atoms with E-state index in [-0.39, 0.29) is 5.91 Å². The Hall–Kier alpha value is -1.42. The number of pyridine rings is 1. The molecule has 88 valence electrons. The normalized spacial score (nSPS) is 14.8. The number of aromatic nitrogens is 1. The van der Waals surface area contributed by atoms with Crippen molar-refractivity contribution < 1.29 is 4.79 Å². The number of carbonyl (C=O) groups is 1. The molecule has 0 aliphatic heterocycles. The highest BCUT2D eigenvalue weighted by Crippen LogP contribution is 2.29. The fraction of sp³-hybridized carbons (Fsp3) is 0.500. The van der Waals surface area contributed by atoms with Crippen molar-refractivity contribution in [3.05, 3.63) is 30.1 Å². The summed E-state index contributed by atoms with van der Waals surface area (Å²) in [6.07, 6.45) is 3.23. The summed E-state index contributed by atoms with van der Waals surface area (Å²) in [6, 6.07) is 5.55. The Balaban J connectivity index is 3.27. The molecule has 16 heavy (non-hydrogen) atoms. The lowest BCUT2D eigenvalue weighted by Gasteiger charge is -2.36. The molecule has 2 N–H and O–H groups in total. The second-order valence-electron chi connectivity index (χ2n) is 4.08. The van der Waals surface area contributed by atoms with Crippen molar-refractivity contribution in [1.82, 2.24) is 9.88 Å². The lowest BCUT2D eigenvalue weighted by atomic mass is 9.87. The summed E-state index contributed by atoms with van der Waals surface area (Å²) in [5, 5.41) is 0. The maximum Gasteiger partial charge on any atom is 0.244 e. The third kappa shape index (κ3) is 2.07. The third-order valence-corrected chi connectivity index (χ3v) is 2.87. The Morgan fingerprint density at radius 3 is 2.56 bits per heavy atom. The third-order valence-electron chi connectivity index (χ3n) is 2.87. The number of nitrogens with zero attached hydrogens (tertiary/aromatic N) is 2. The first-order valence-corrected chi connectivity index (χ1v) is 5.44. The number of nitrogens with two attached hydrogens (primary N) is 1. The van der Waals surface area contributed by atoms with Crippen molar-refractivity contribution in [3.63, 3.8) is 0 Å². The van der Waals surface area contributed by atoms with Gasteiger partial charge in [0.15, 0.2) is 0 Å². The van der Waals surface area contributed by atoms with Gasteiger partial charge in [0, 0.05) is 6.20 Å². The molecule has 1 aromatic rings. The van der Waals surface area contributed by atoms with Crippen molar-refractivity contribution in [3.8, 4) is 0 Å². The Bertz CT molecular complexity index is 351. The van der Waals surface area contributed by atoms with E-state index in [0.29, 0.717) is 12.1 Å². The number of hydrogen-bond acceptors (Lipinski definition) is 3. The molecule has 0 radical (unpaired) electrons. The van der Waals surface area contributed by atoms with E-state index < -0.39 is 5.54 Å². The molecule has 1 atom stereocenters. The summed E-state index contributed by atoms with van der Waals surface area (Å²) in [4.78, 5) is 17.9. The smallest absolute Gasteiger partial charge is 0.244 e. The van der Waals surface area contributed by atoms with E-state index in [1.807, 2.05) is 44.1 Å². The molecular weight excluding hydrogens is 202 g/mol. The van der Waals surface area contributed by atoms with Gasteiger partial charge >= 0.3 is 0 Å². The fourth-order valence-electron chi connectivity index (χ4n) is 2.02. The minimum absolute atomic E-state index is 0.349. The van der Waals surface area contributed by atoms with Gasteiger partial charge in [0.25, 0.3) is 0 Å². The van der Waals surface area contributed by atoms with Crippen LogP contribution >= 0.6 is 0 Å². The van der Waals surface area contributed by atoms with Gasteiger partial charge in [-0.05, 0) is 32.6 Å². The van der Waals surface area contributed by atoms with E-state index in [4.69, 9.17) is 5.73 Å². The van der Waals surface area contributed by atoms with Crippen LogP contribution < -0.4 is 5.73 Å². The molecule has 0 bridgehead atoms. The van der Waals surface area contributed by atoms with E-state index in [9.17, 15) is 4.79 Å². The molecule has 0 fully saturated rings. The molecule has 0 aliphatic rings. The van der Waals surface area contributed by atoms with E-state index in [1.165, 1.54) is 0 Å². The van der Waals surface area contributed by atoms with E-state index in [0.717, 1.165) is 6.42 Å². The maximum absolute atomic E-state index is 11.8.